The zero-order valence-electron chi connectivity index (χ0n) is 8.51. The fraction of sp³-hybridized carbons (Fsp3) is 0.364. The molecule has 15 heavy (non-hydrogen) atoms. The third kappa shape index (κ3) is 2.13. The molecule has 0 saturated heterocycles. The van der Waals surface area contributed by atoms with E-state index in [1.807, 2.05) is 12.1 Å². The Balaban J connectivity index is 2.32. The van der Waals surface area contributed by atoms with Crippen LogP contribution in [-0.4, -0.2) is 5.91 Å². The van der Waals surface area contributed by atoms with E-state index in [0.717, 1.165) is 18.4 Å². The lowest BCUT2D eigenvalue weighted by atomic mass is 10.1. The molecule has 0 aromatic heterocycles. The molecule has 3 nitrogen and oxygen atoms in total. The minimum Gasteiger partial charge on any atom is -0.325 e. The standard InChI is InChI=1S/C11H13ClN2O/c1-7(15)14-10-6-8(2-3-9(10)12)11(13)4-5-11/h2-3,6H,4-5,13H2,1H3,(H,14,15). The lowest BCUT2D eigenvalue weighted by Gasteiger charge is -2.12. The molecule has 1 aliphatic carbocycles. The van der Waals surface area contributed by atoms with E-state index in [4.69, 9.17) is 17.3 Å². The van der Waals surface area contributed by atoms with Crippen molar-refractivity contribution in [3.8, 4) is 0 Å². The molecule has 1 aromatic carbocycles. The molecule has 80 valence electrons. The van der Waals surface area contributed by atoms with Gasteiger partial charge >= 0.3 is 0 Å². The first kappa shape index (κ1) is 10.5. The number of hydrogen-bond acceptors (Lipinski definition) is 2. The van der Waals surface area contributed by atoms with Gasteiger partial charge in [-0.25, -0.2) is 0 Å². The van der Waals surface area contributed by atoms with E-state index in [1.165, 1.54) is 6.92 Å². The van der Waals surface area contributed by atoms with E-state index in [0.29, 0.717) is 10.7 Å². The maximum Gasteiger partial charge on any atom is 0.221 e. The highest BCUT2D eigenvalue weighted by Crippen LogP contribution is 2.44. The predicted octanol–water partition coefficient (Wildman–Crippen LogP) is 2.25. The van der Waals surface area contributed by atoms with Crippen LogP contribution in [0, 0.1) is 0 Å². The number of halogens is 1. The van der Waals surface area contributed by atoms with Gasteiger partial charge in [0.1, 0.15) is 0 Å². The average molecular weight is 225 g/mol. The number of carbonyl (C=O) groups is 1. The summed E-state index contributed by atoms with van der Waals surface area (Å²) < 4.78 is 0. The number of carbonyl (C=O) groups excluding carboxylic acids is 1. The highest BCUT2D eigenvalue weighted by Gasteiger charge is 2.40. The Labute approximate surface area is 93.6 Å². The number of anilines is 1. The van der Waals surface area contributed by atoms with Crippen molar-refractivity contribution in [2.24, 2.45) is 5.73 Å². The lowest BCUT2D eigenvalue weighted by Crippen LogP contribution is -2.19. The van der Waals surface area contributed by atoms with Crippen molar-refractivity contribution in [2.45, 2.75) is 25.3 Å². The fourth-order valence-electron chi connectivity index (χ4n) is 1.54. The van der Waals surface area contributed by atoms with Crippen molar-refractivity contribution in [1.82, 2.24) is 0 Å². The lowest BCUT2D eigenvalue weighted by molar-refractivity contribution is -0.114. The number of nitrogens with one attached hydrogen (secondary N) is 1. The van der Waals surface area contributed by atoms with Crippen LogP contribution >= 0.6 is 11.6 Å². The summed E-state index contributed by atoms with van der Waals surface area (Å²) in [4.78, 5) is 10.9. The molecule has 0 heterocycles. The third-order valence-electron chi connectivity index (χ3n) is 2.64. The Morgan fingerprint density at radius 1 is 1.53 bits per heavy atom. The van der Waals surface area contributed by atoms with E-state index in [2.05, 4.69) is 5.32 Å². The van der Waals surface area contributed by atoms with Crippen LogP contribution in [0.4, 0.5) is 5.69 Å². The van der Waals surface area contributed by atoms with Crippen LogP contribution in [0.2, 0.25) is 5.02 Å². The number of amides is 1. The van der Waals surface area contributed by atoms with Crippen LogP contribution in [0.25, 0.3) is 0 Å². The summed E-state index contributed by atoms with van der Waals surface area (Å²) >= 11 is 5.96. The van der Waals surface area contributed by atoms with Crippen molar-refractivity contribution in [3.05, 3.63) is 28.8 Å². The van der Waals surface area contributed by atoms with Crippen LogP contribution in [0.5, 0.6) is 0 Å². The van der Waals surface area contributed by atoms with Crippen molar-refractivity contribution in [3.63, 3.8) is 0 Å². The van der Waals surface area contributed by atoms with Crippen molar-refractivity contribution in [1.29, 1.82) is 0 Å². The SMILES string of the molecule is CC(=O)Nc1cc(C2(N)CC2)ccc1Cl. The molecule has 0 radical (unpaired) electrons. The predicted molar refractivity (Wildman–Crippen MR) is 60.9 cm³/mol. The van der Waals surface area contributed by atoms with Crippen LogP contribution in [-0.2, 0) is 10.3 Å². The molecule has 0 bridgehead atoms. The number of rotatable bonds is 2. The molecule has 3 N–H and O–H groups in total. The van der Waals surface area contributed by atoms with Gasteiger partial charge in [0.2, 0.25) is 5.91 Å². The van der Waals surface area contributed by atoms with Gasteiger partial charge in [-0.3, -0.25) is 4.79 Å². The van der Waals surface area contributed by atoms with Crippen LogP contribution < -0.4 is 11.1 Å². The minimum absolute atomic E-state index is 0.129. The fourth-order valence-corrected chi connectivity index (χ4v) is 1.71. The summed E-state index contributed by atoms with van der Waals surface area (Å²) in [5.74, 6) is -0.129. The van der Waals surface area contributed by atoms with E-state index in [1.54, 1.807) is 6.07 Å². The van der Waals surface area contributed by atoms with Gasteiger partial charge in [-0.2, -0.15) is 0 Å². The van der Waals surface area contributed by atoms with Gasteiger partial charge in [0.05, 0.1) is 10.7 Å². The Morgan fingerprint density at radius 2 is 2.20 bits per heavy atom. The molecule has 1 amide bonds. The molecule has 1 saturated carbocycles. The molecule has 0 unspecified atom stereocenters. The van der Waals surface area contributed by atoms with E-state index in [-0.39, 0.29) is 11.4 Å². The van der Waals surface area contributed by atoms with Gasteiger partial charge in [0.25, 0.3) is 0 Å². The van der Waals surface area contributed by atoms with Crippen molar-refractivity contribution < 1.29 is 4.79 Å². The summed E-state index contributed by atoms with van der Waals surface area (Å²) in [5, 5.41) is 3.23. The topological polar surface area (TPSA) is 55.1 Å². The smallest absolute Gasteiger partial charge is 0.221 e. The van der Waals surface area contributed by atoms with Crippen molar-refractivity contribution in [2.75, 3.05) is 5.32 Å². The monoisotopic (exact) mass is 224 g/mol. The Hall–Kier alpha value is -1.06. The largest absolute Gasteiger partial charge is 0.325 e. The number of benzene rings is 1. The van der Waals surface area contributed by atoms with Gasteiger partial charge in [-0.15, -0.1) is 0 Å². The van der Waals surface area contributed by atoms with Crippen LogP contribution in [0.3, 0.4) is 0 Å². The number of hydrogen-bond donors (Lipinski definition) is 2. The molecule has 4 heteroatoms. The van der Waals surface area contributed by atoms with Crippen LogP contribution in [0.15, 0.2) is 18.2 Å². The first-order valence-electron chi connectivity index (χ1n) is 4.88. The van der Waals surface area contributed by atoms with Gasteiger partial charge in [-0.1, -0.05) is 17.7 Å². The second kappa shape index (κ2) is 3.51. The summed E-state index contributed by atoms with van der Waals surface area (Å²) in [6, 6.07) is 5.55. The number of nitrogens with two attached hydrogens (primary N) is 1. The van der Waals surface area contributed by atoms with Gasteiger partial charge in [-0.05, 0) is 30.5 Å². The first-order chi connectivity index (χ1) is 7.01. The minimum atomic E-state index is -0.197. The molecule has 1 fully saturated rings. The highest BCUT2D eigenvalue weighted by molar-refractivity contribution is 6.33. The molecular weight excluding hydrogens is 212 g/mol. The summed E-state index contributed by atoms with van der Waals surface area (Å²) in [5.41, 5.74) is 7.54. The highest BCUT2D eigenvalue weighted by atomic mass is 35.5. The molecule has 1 aliphatic rings. The Kier molecular flexibility index (Phi) is 2.44. The molecule has 0 spiro atoms. The van der Waals surface area contributed by atoms with Gasteiger partial charge in [0, 0.05) is 12.5 Å². The molecule has 2 rings (SSSR count). The summed E-state index contributed by atoms with van der Waals surface area (Å²) in [7, 11) is 0. The summed E-state index contributed by atoms with van der Waals surface area (Å²) in [6.07, 6.45) is 1.99. The van der Waals surface area contributed by atoms with E-state index in [9.17, 15) is 4.79 Å². The second-order valence-electron chi connectivity index (χ2n) is 4.03. The maximum absolute atomic E-state index is 10.9. The molecular formula is C11H13ClN2O. The quantitative estimate of drug-likeness (QED) is 0.810. The normalized spacial score (nSPS) is 17.3. The molecule has 0 atom stereocenters. The average Bonchev–Trinajstić information content (AvgIpc) is 2.88. The third-order valence-corrected chi connectivity index (χ3v) is 2.97. The Bertz CT molecular complexity index is 413. The zero-order chi connectivity index (χ0) is 11.1. The second-order valence-corrected chi connectivity index (χ2v) is 4.44. The maximum atomic E-state index is 10.9. The Morgan fingerprint density at radius 3 is 2.73 bits per heavy atom. The van der Waals surface area contributed by atoms with E-state index >= 15 is 0 Å². The van der Waals surface area contributed by atoms with Crippen LogP contribution in [0.1, 0.15) is 25.3 Å². The van der Waals surface area contributed by atoms with Gasteiger partial charge in [0.15, 0.2) is 0 Å². The van der Waals surface area contributed by atoms with E-state index < -0.39 is 0 Å². The van der Waals surface area contributed by atoms with Gasteiger partial charge < -0.3 is 11.1 Å². The summed E-state index contributed by atoms with van der Waals surface area (Å²) in [6.45, 7) is 1.46. The zero-order valence-corrected chi connectivity index (χ0v) is 9.27. The first-order valence-corrected chi connectivity index (χ1v) is 5.25. The molecule has 0 aliphatic heterocycles. The molecule has 1 aromatic rings. The van der Waals surface area contributed by atoms with Crippen molar-refractivity contribution >= 4 is 23.2 Å².